The quantitative estimate of drug-likeness (QED) is 0.909. The van der Waals surface area contributed by atoms with E-state index in [0.717, 1.165) is 16.9 Å². The summed E-state index contributed by atoms with van der Waals surface area (Å²) in [6.07, 6.45) is 3.36. The number of nitrogens with zero attached hydrogens (tertiary/aromatic N) is 2. The molecule has 21 heavy (non-hydrogen) atoms. The van der Waals surface area contributed by atoms with Gasteiger partial charge in [0.2, 0.25) is 0 Å². The number of carbonyl (C=O) groups is 1. The molecule has 2 aromatic rings. The van der Waals surface area contributed by atoms with Crippen LogP contribution in [0.5, 0.6) is 0 Å². The first-order valence-electron chi connectivity index (χ1n) is 6.54. The van der Waals surface area contributed by atoms with Crippen molar-refractivity contribution in [2.45, 2.75) is 6.04 Å². The van der Waals surface area contributed by atoms with E-state index in [4.69, 9.17) is 0 Å². The van der Waals surface area contributed by atoms with E-state index in [2.05, 4.69) is 15.6 Å². The fourth-order valence-corrected chi connectivity index (χ4v) is 2.42. The van der Waals surface area contributed by atoms with Crippen LogP contribution in [0.25, 0.3) is 0 Å². The van der Waals surface area contributed by atoms with E-state index in [9.17, 15) is 9.18 Å². The number of rotatable bonds is 3. The summed E-state index contributed by atoms with van der Waals surface area (Å²) in [7, 11) is 3.83. The maximum absolute atomic E-state index is 13.2. The molecule has 1 aliphatic rings. The maximum atomic E-state index is 13.2. The summed E-state index contributed by atoms with van der Waals surface area (Å²) in [6.45, 7) is 0. The number of halogens is 1. The van der Waals surface area contributed by atoms with E-state index in [0.29, 0.717) is 5.69 Å². The van der Waals surface area contributed by atoms with Gasteiger partial charge in [-0.15, -0.1) is 0 Å². The number of amides is 1. The number of carbonyl (C=O) groups excluding carboxylic acids is 1. The van der Waals surface area contributed by atoms with E-state index in [1.165, 1.54) is 12.1 Å². The number of nitrogens with one attached hydrogen (secondary N) is 2. The highest BCUT2D eigenvalue weighted by Gasteiger charge is 2.31. The van der Waals surface area contributed by atoms with Crippen molar-refractivity contribution < 1.29 is 9.18 Å². The molecule has 1 amide bonds. The zero-order valence-corrected chi connectivity index (χ0v) is 11.7. The highest BCUT2D eigenvalue weighted by molar-refractivity contribution is 6.04. The van der Waals surface area contributed by atoms with Crippen molar-refractivity contribution in [1.29, 1.82) is 0 Å². The Labute approximate surface area is 121 Å². The molecule has 6 heteroatoms. The molecular formula is C15H15FN4O. The number of hydrogen-bond donors (Lipinski definition) is 2. The third kappa shape index (κ3) is 2.40. The molecule has 0 saturated carbocycles. The smallest absolute Gasteiger partial charge is 0.251 e. The Kier molecular flexibility index (Phi) is 3.21. The molecule has 1 aromatic heterocycles. The molecule has 0 aliphatic carbocycles. The molecule has 0 fully saturated rings. The average Bonchev–Trinajstić information content (AvgIpc) is 2.74. The summed E-state index contributed by atoms with van der Waals surface area (Å²) in [5.74, 6) is -0.575. The van der Waals surface area contributed by atoms with Crippen LogP contribution in [0.4, 0.5) is 21.5 Å². The van der Waals surface area contributed by atoms with Gasteiger partial charge in [0.25, 0.3) is 5.91 Å². The zero-order chi connectivity index (χ0) is 15.0. The number of benzene rings is 1. The first-order chi connectivity index (χ1) is 10.1. The first kappa shape index (κ1) is 13.4. The fraction of sp³-hybridized carbons (Fsp3) is 0.200. The Morgan fingerprint density at radius 2 is 2.14 bits per heavy atom. The van der Waals surface area contributed by atoms with E-state index >= 15 is 0 Å². The monoisotopic (exact) mass is 286 g/mol. The second-order valence-corrected chi connectivity index (χ2v) is 5.09. The van der Waals surface area contributed by atoms with Crippen LogP contribution in [0.15, 0.2) is 36.7 Å². The van der Waals surface area contributed by atoms with Gasteiger partial charge in [0.1, 0.15) is 11.9 Å². The van der Waals surface area contributed by atoms with Gasteiger partial charge in [-0.3, -0.25) is 9.78 Å². The minimum absolute atomic E-state index is 0.204. The van der Waals surface area contributed by atoms with Crippen molar-refractivity contribution >= 4 is 23.0 Å². The van der Waals surface area contributed by atoms with Crippen LogP contribution in [0.2, 0.25) is 0 Å². The summed E-state index contributed by atoms with van der Waals surface area (Å²) in [4.78, 5) is 18.1. The van der Waals surface area contributed by atoms with Gasteiger partial charge in [-0.25, -0.2) is 4.39 Å². The summed E-state index contributed by atoms with van der Waals surface area (Å²) in [5, 5.41) is 5.86. The van der Waals surface area contributed by atoms with Gasteiger partial charge >= 0.3 is 0 Å². The molecule has 0 spiro atoms. The molecular weight excluding hydrogens is 271 g/mol. The van der Waals surface area contributed by atoms with E-state index in [-0.39, 0.29) is 11.7 Å². The number of fused-ring (bicyclic) bond motifs is 1. The Morgan fingerprint density at radius 3 is 2.90 bits per heavy atom. The summed E-state index contributed by atoms with van der Waals surface area (Å²) < 4.78 is 13.2. The molecule has 0 saturated heterocycles. The molecule has 1 unspecified atom stereocenters. The number of pyridine rings is 1. The fourth-order valence-electron chi connectivity index (χ4n) is 2.42. The first-order valence-corrected chi connectivity index (χ1v) is 6.54. The Morgan fingerprint density at radius 1 is 1.33 bits per heavy atom. The largest absolute Gasteiger partial charge is 0.376 e. The van der Waals surface area contributed by atoms with Crippen LogP contribution in [0.3, 0.4) is 0 Å². The van der Waals surface area contributed by atoms with Crippen LogP contribution in [0, 0.1) is 5.82 Å². The molecule has 2 heterocycles. The summed E-state index contributed by atoms with van der Waals surface area (Å²) in [5.41, 5.74) is 2.91. The summed E-state index contributed by atoms with van der Waals surface area (Å²) >= 11 is 0. The lowest BCUT2D eigenvalue weighted by Crippen LogP contribution is -2.21. The van der Waals surface area contributed by atoms with E-state index in [1.54, 1.807) is 18.5 Å². The van der Waals surface area contributed by atoms with Crippen molar-refractivity contribution in [2.24, 2.45) is 0 Å². The van der Waals surface area contributed by atoms with Crippen molar-refractivity contribution in [3.63, 3.8) is 0 Å². The lowest BCUT2D eigenvalue weighted by atomic mass is 10.1. The molecule has 0 radical (unpaired) electrons. The van der Waals surface area contributed by atoms with Gasteiger partial charge in [0.05, 0.1) is 17.6 Å². The number of anilines is 3. The predicted octanol–water partition coefficient (Wildman–Crippen LogP) is 2.39. The van der Waals surface area contributed by atoms with Gasteiger partial charge in [0, 0.05) is 31.5 Å². The van der Waals surface area contributed by atoms with Gasteiger partial charge in [-0.1, -0.05) is 6.07 Å². The highest BCUT2D eigenvalue weighted by Crippen LogP contribution is 2.35. The highest BCUT2D eigenvalue weighted by atomic mass is 19.1. The second kappa shape index (κ2) is 5.05. The van der Waals surface area contributed by atoms with E-state index in [1.807, 2.05) is 25.1 Å². The number of aromatic nitrogens is 1. The molecule has 108 valence electrons. The van der Waals surface area contributed by atoms with Gasteiger partial charge < -0.3 is 15.5 Å². The third-order valence-electron chi connectivity index (χ3n) is 3.43. The van der Waals surface area contributed by atoms with Crippen LogP contribution >= 0.6 is 0 Å². The molecule has 0 bridgehead atoms. The minimum atomic E-state index is -0.552. The van der Waals surface area contributed by atoms with Crippen LogP contribution in [-0.2, 0) is 4.79 Å². The zero-order valence-electron chi connectivity index (χ0n) is 11.7. The van der Waals surface area contributed by atoms with Gasteiger partial charge in [0.15, 0.2) is 0 Å². The van der Waals surface area contributed by atoms with Crippen LogP contribution < -0.4 is 15.5 Å². The van der Waals surface area contributed by atoms with Crippen molar-refractivity contribution in [2.75, 3.05) is 29.6 Å². The Bertz CT molecular complexity index is 702. The molecule has 5 nitrogen and oxygen atoms in total. The maximum Gasteiger partial charge on any atom is 0.251 e. The third-order valence-corrected chi connectivity index (χ3v) is 3.43. The Balaban J connectivity index is 1.95. The van der Waals surface area contributed by atoms with Crippen molar-refractivity contribution in [3.05, 3.63) is 48.0 Å². The second-order valence-electron chi connectivity index (χ2n) is 5.09. The lowest BCUT2D eigenvalue weighted by Gasteiger charge is -2.20. The topological polar surface area (TPSA) is 57.3 Å². The normalized spacial score (nSPS) is 16.3. The Hall–Kier alpha value is -2.63. The van der Waals surface area contributed by atoms with Crippen molar-refractivity contribution in [1.82, 2.24) is 4.98 Å². The molecule has 1 aromatic carbocycles. The SMILES string of the molecule is CN(C)c1ccncc1NC1C(=O)Nc2cc(F)ccc21. The van der Waals surface area contributed by atoms with E-state index < -0.39 is 6.04 Å². The predicted molar refractivity (Wildman–Crippen MR) is 80.0 cm³/mol. The van der Waals surface area contributed by atoms with Crippen LogP contribution in [-0.4, -0.2) is 25.0 Å². The van der Waals surface area contributed by atoms with Gasteiger partial charge in [-0.05, 0) is 18.2 Å². The molecule has 2 N–H and O–H groups in total. The lowest BCUT2D eigenvalue weighted by molar-refractivity contribution is -0.116. The van der Waals surface area contributed by atoms with Crippen molar-refractivity contribution in [3.8, 4) is 0 Å². The minimum Gasteiger partial charge on any atom is -0.376 e. The standard InChI is InChI=1S/C15H15FN4O/c1-20(2)13-5-6-17-8-12(13)18-14-10-4-3-9(16)7-11(10)19-15(14)21/h3-8,14,18H,1-2H3,(H,19,21). The van der Waals surface area contributed by atoms with Gasteiger partial charge in [-0.2, -0.15) is 0 Å². The van der Waals surface area contributed by atoms with Crippen LogP contribution in [0.1, 0.15) is 11.6 Å². The molecule has 3 rings (SSSR count). The summed E-state index contributed by atoms with van der Waals surface area (Å²) in [6, 6.07) is 5.60. The molecule has 1 atom stereocenters. The molecule has 1 aliphatic heterocycles. The number of hydrogen-bond acceptors (Lipinski definition) is 4. The average molecular weight is 286 g/mol.